The number of hydrogen-bond donors (Lipinski definition) is 0. The van der Waals surface area contributed by atoms with Crippen LogP contribution in [0.25, 0.3) is 71.6 Å². The van der Waals surface area contributed by atoms with Gasteiger partial charge in [-0.25, -0.2) is 0 Å². The molecule has 0 aliphatic carbocycles. The molecule has 10 aromatic rings. The highest BCUT2D eigenvalue weighted by atomic mass is 15.2. The molecule has 0 unspecified atom stereocenters. The van der Waals surface area contributed by atoms with Gasteiger partial charge in [-0.2, -0.15) is 0 Å². The Hall–Kier alpha value is -7.16. The maximum atomic E-state index is 2.46. The molecule has 9 aromatic carbocycles. The van der Waals surface area contributed by atoms with Crippen LogP contribution in [0, 0.1) is 0 Å². The van der Waals surface area contributed by atoms with Crippen LogP contribution in [-0.2, 0) is 0 Å². The van der Waals surface area contributed by atoms with Gasteiger partial charge in [0.1, 0.15) is 0 Å². The lowest BCUT2D eigenvalue weighted by atomic mass is 9.92. The molecule has 1 heterocycles. The standard InChI is InChI=1S/C52H36N2/c1-4-16-37(17-5-1)38-30-32-39(33-31-38)41-34-35-49(47(36-41)45-26-14-19-40-18-10-11-24-44(40)45)54(43-22-8-3-9-23-43)51-29-15-28-50-52(51)46-25-12-13-27-48(46)53(50)42-20-6-2-7-21-42/h1-36H. The number of fused-ring (bicyclic) bond motifs is 4. The molecule has 254 valence electrons. The molecule has 54 heavy (non-hydrogen) atoms. The van der Waals surface area contributed by atoms with Crippen LogP contribution in [0.3, 0.4) is 0 Å². The van der Waals surface area contributed by atoms with Crippen molar-refractivity contribution in [2.24, 2.45) is 0 Å². The third kappa shape index (κ3) is 5.44. The fraction of sp³-hybridized carbons (Fsp3) is 0. The summed E-state index contributed by atoms with van der Waals surface area (Å²) < 4.78 is 2.39. The Morgan fingerprint density at radius 3 is 1.67 bits per heavy atom. The van der Waals surface area contributed by atoms with E-state index in [0.717, 1.165) is 22.7 Å². The molecule has 0 aliphatic heterocycles. The summed E-state index contributed by atoms with van der Waals surface area (Å²) in [6.45, 7) is 0. The highest BCUT2D eigenvalue weighted by molar-refractivity contribution is 6.17. The molecule has 0 atom stereocenters. The molecule has 1 aromatic heterocycles. The molecule has 10 rings (SSSR count). The minimum Gasteiger partial charge on any atom is -0.309 e. The van der Waals surface area contributed by atoms with E-state index in [0.29, 0.717) is 0 Å². The molecule has 0 saturated carbocycles. The Kier molecular flexibility index (Phi) is 7.85. The van der Waals surface area contributed by atoms with E-state index in [1.54, 1.807) is 0 Å². The smallest absolute Gasteiger partial charge is 0.0562 e. The topological polar surface area (TPSA) is 8.17 Å². The van der Waals surface area contributed by atoms with Crippen molar-refractivity contribution >= 4 is 49.6 Å². The van der Waals surface area contributed by atoms with Crippen LogP contribution >= 0.6 is 0 Å². The first kappa shape index (κ1) is 31.6. The molecule has 0 spiro atoms. The van der Waals surface area contributed by atoms with Crippen molar-refractivity contribution in [2.75, 3.05) is 4.90 Å². The second-order valence-corrected chi connectivity index (χ2v) is 13.7. The van der Waals surface area contributed by atoms with E-state index in [1.807, 2.05) is 0 Å². The average Bonchev–Trinajstić information content (AvgIpc) is 3.60. The second-order valence-electron chi connectivity index (χ2n) is 13.7. The quantitative estimate of drug-likeness (QED) is 0.162. The van der Waals surface area contributed by atoms with Crippen LogP contribution in [0.5, 0.6) is 0 Å². The Morgan fingerprint density at radius 1 is 0.333 bits per heavy atom. The number of rotatable bonds is 7. The number of anilines is 3. The van der Waals surface area contributed by atoms with Gasteiger partial charge in [0.05, 0.1) is 22.4 Å². The van der Waals surface area contributed by atoms with Crippen LogP contribution in [-0.4, -0.2) is 4.57 Å². The van der Waals surface area contributed by atoms with E-state index in [1.165, 1.54) is 66.0 Å². The van der Waals surface area contributed by atoms with E-state index in [4.69, 9.17) is 0 Å². The second kappa shape index (κ2) is 13.4. The summed E-state index contributed by atoms with van der Waals surface area (Å²) >= 11 is 0. The van der Waals surface area contributed by atoms with Crippen molar-refractivity contribution in [3.8, 4) is 39.1 Å². The van der Waals surface area contributed by atoms with Gasteiger partial charge in [-0.05, 0) is 93.2 Å². The summed E-state index contributed by atoms with van der Waals surface area (Å²) in [5.74, 6) is 0. The van der Waals surface area contributed by atoms with E-state index < -0.39 is 0 Å². The fourth-order valence-electron chi connectivity index (χ4n) is 8.10. The molecule has 0 bridgehead atoms. The van der Waals surface area contributed by atoms with E-state index in [9.17, 15) is 0 Å². The Balaban J connectivity index is 1.24. The summed E-state index contributed by atoms with van der Waals surface area (Å²) in [5, 5.41) is 4.88. The summed E-state index contributed by atoms with van der Waals surface area (Å²) in [4.78, 5) is 2.46. The zero-order valence-corrected chi connectivity index (χ0v) is 29.7. The number of benzene rings is 9. The maximum Gasteiger partial charge on any atom is 0.0562 e. The maximum absolute atomic E-state index is 2.46. The van der Waals surface area contributed by atoms with Gasteiger partial charge in [0.2, 0.25) is 0 Å². The SMILES string of the molecule is c1ccc(-c2ccc(-c3ccc(N(c4ccccc4)c4cccc5c4c4ccccc4n5-c4ccccc4)c(-c4cccc5ccccc45)c3)cc2)cc1. The summed E-state index contributed by atoms with van der Waals surface area (Å²) in [5.41, 5.74) is 14.0. The van der Waals surface area contributed by atoms with Crippen LogP contribution in [0.15, 0.2) is 218 Å². The van der Waals surface area contributed by atoms with E-state index >= 15 is 0 Å². The van der Waals surface area contributed by atoms with Crippen molar-refractivity contribution in [1.82, 2.24) is 4.57 Å². The Labute approximate surface area is 315 Å². The molecular weight excluding hydrogens is 653 g/mol. The van der Waals surface area contributed by atoms with Gasteiger partial charge >= 0.3 is 0 Å². The number of hydrogen-bond acceptors (Lipinski definition) is 1. The van der Waals surface area contributed by atoms with Gasteiger partial charge in [-0.1, -0.05) is 164 Å². The molecule has 2 nitrogen and oxygen atoms in total. The number of aromatic nitrogens is 1. The van der Waals surface area contributed by atoms with Gasteiger partial charge in [-0.15, -0.1) is 0 Å². The van der Waals surface area contributed by atoms with Crippen molar-refractivity contribution in [1.29, 1.82) is 0 Å². The molecule has 0 saturated heterocycles. The van der Waals surface area contributed by atoms with Crippen molar-refractivity contribution < 1.29 is 0 Å². The van der Waals surface area contributed by atoms with Gasteiger partial charge < -0.3 is 9.47 Å². The lowest BCUT2D eigenvalue weighted by molar-refractivity contribution is 1.18. The van der Waals surface area contributed by atoms with E-state index in [-0.39, 0.29) is 0 Å². The minimum atomic E-state index is 1.10. The third-order valence-electron chi connectivity index (χ3n) is 10.6. The van der Waals surface area contributed by atoms with Crippen LogP contribution < -0.4 is 4.90 Å². The fourth-order valence-corrected chi connectivity index (χ4v) is 8.10. The monoisotopic (exact) mass is 688 g/mol. The molecule has 2 heteroatoms. The van der Waals surface area contributed by atoms with Crippen molar-refractivity contribution in [3.05, 3.63) is 218 Å². The summed E-state index contributed by atoms with van der Waals surface area (Å²) in [7, 11) is 0. The average molecular weight is 689 g/mol. The summed E-state index contributed by atoms with van der Waals surface area (Å²) in [6.07, 6.45) is 0. The highest BCUT2D eigenvalue weighted by Gasteiger charge is 2.24. The van der Waals surface area contributed by atoms with E-state index in [2.05, 4.69) is 228 Å². The first-order valence-electron chi connectivity index (χ1n) is 18.5. The third-order valence-corrected chi connectivity index (χ3v) is 10.6. The number of nitrogens with zero attached hydrogens (tertiary/aromatic N) is 2. The van der Waals surface area contributed by atoms with Gasteiger partial charge in [0.15, 0.2) is 0 Å². The first-order chi connectivity index (χ1) is 26.8. The largest absolute Gasteiger partial charge is 0.309 e. The van der Waals surface area contributed by atoms with Crippen molar-refractivity contribution in [2.45, 2.75) is 0 Å². The molecule has 0 N–H and O–H groups in total. The Bertz CT molecular complexity index is 2900. The zero-order valence-electron chi connectivity index (χ0n) is 29.7. The zero-order chi connectivity index (χ0) is 35.8. The van der Waals surface area contributed by atoms with Crippen LogP contribution in [0.4, 0.5) is 17.1 Å². The Morgan fingerprint density at radius 2 is 0.889 bits per heavy atom. The molecule has 0 aliphatic rings. The van der Waals surface area contributed by atoms with Crippen LogP contribution in [0.2, 0.25) is 0 Å². The van der Waals surface area contributed by atoms with Gasteiger partial charge in [0, 0.05) is 27.7 Å². The molecule has 0 fully saturated rings. The van der Waals surface area contributed by atoms with Gasteiger partial charge in [0.25, 0.3) is 0 Å². The predicted octanol–water partition coefficient (Wildman–Crippen LogP) is 14.4. The lowest BCUT2D eigenvalue weighted by Crippen LogP contribution is -2.12. The van der Waals surface area contributed by atoms with Crippen molar-refractivity contribution in [3.63, 3.8) is 0 Å². The van der Waals surface area contributed by atoms with Gasteiger partial charge in [-0.3, -0.25) is 0 Å². The highest BCUT2D eigenvalue weighted by Crippen LogP contribution is 2.48. The van der Waals surface area contributed by atoms with Crippen LogP contribution in [0.1, 0.15) is 0 Å². The molecule has 0 radical (unpaired) electrons. The normalized spacial score (nSPS) is 11.3. The molecule has 0 amide bonds. The predicted molar refractivity (Wildman–Crippen MR) is 229 cm³/mol. The molecular formula is C52H36N2. The summed E-state index contributed by atoms with van der Waals surface area (Å²) in [6, 6.07) is 78.9. The minimum absolute atomic E-state index is 1.10. The first-order valence-corrected chi connectivity index (χ1v) is 18.5. The lowest BCUT2D eigenvalue weighted by Gasteiger charge is -2.29. The number of para-hydroxylation sites is 3.